The molecule has 1 rings (SSSR count). The van der Waals surface area contributed by atoms with Crippen molar-refractivity contribution in [3.63, 3.8) is 0 Å². The van der Waals surface area contributed by atoms with Crippen molar-refractivity contribution >= 4 is 0 Å². The summed E-state index contributed by atoms with van der Waals surface area (Å²) in [6, 6.07) is 0.973. The highest BCUT2D eigenvalue weighted by Gasteiger charge is 2.13. The number of nitrogens with one attached hydrogen (secondary N) is 1. The Balaban J connectivity index is 2.90. The van der Waals surface area contributed by atoms with E-state index in [1.54, 1.807) is 0 Å². The lowest BCUT2D eigenvalue weighted by Crippen LogP contribution is -2.24. The largest absolute Gasteiger partial charge is 0.317 e. The molecule has 0 aliphatic rings. The first-order chi connectivity index (χ1) is 7.60. The molecular formula is C13H25N3. The van der Waals surface area contributed by atoms with E-state index in [0.717, 1.165) is 12.8 Å². The Morgan fingerprint density at radius 3 is 2.56 bits per heavy atom. The summed E-state index contributed by atoms with van der Waals surface area (Å²) >= 11 is 0. The van der Waals surface area contributed by atoms with Crippen LogP contribution in [0.4, 0.5) is 0 Å². The van der Waals surface area contributed by atoms with Crippen LogP contribution in [0, 0.1) is 0 Å². The van der Waals surface area contributed by atoms with E-state index in [-0.39, 0.29) is 0 Å². The summed E-state index contributed by atoms with van der Waals surface area (Å²) in [5.74, 6) is 0. The molecule has 1 atom stereocenters. The zero-order valence-electron chi connectivity index (χ0n) is 11.2. The Hall–Kier alpha value is -0.830. The van der Waals surface area contributed by atoms with E-state index < -0.39 is 0 Å². The average molecular weight is 223 g/mol. The number of hydrogen-bond donors (Lipinski definition) is 1. The molecule has 0 aliphatic carbocycles. The molecule has 1 aromatic rings. The van der Waals surface area contributed by atoms with Crippen LogP contribution in [0.2, 0.25) is 0 Å². The summed E-state index contributed by atoms with van der Waals surface area (Å²) in [6.07, 6.45) is 5.42. The molecule has 0 aromatic carbocycles. The van der Waals surface area contributed by atoms with Gasteiger partial charge in [0, 0.05) is 17.8 Å². The van der Waals surface area contributed by atoms with Crippen molar-refractivity contribution in [3.05, 3.63) is 17.5 Å². The van der Waals surface area contributed by atoms with Gasteiger partial charge in [-0.3, -0.25) is 4.68 Å². The molecule has 0 bridgehead atoms. The van der Waals surface area contributed by atoms with Gasteiger partial charge in [-0.1, -0.05) is 13.3 Å². The molecule has 0 aliphatic heterocycles. The molecule has 1 aromatic heterocycles. The first-order valence-electron chi connectivity index (χ1n) is 6.32. The second kappa shape index (κ2) is 6.04. The van der Waals surface area contributed by atoms with Crippen LogP contribution in [-0.2, 0) is 12.8 Å². The summed E-state index contributed by atoms with van der Waals surface area (Å²) in [4.78, 5) is 0. The van der Waals surface area contributed by atoms with Crippen molar-refractivity contribution in [1.82, 2.24) is 15.1 Å². The molecule has 0 fully saturated rings. The van der Waals surface area contributed by atoms with Gasteiger partial charge in [0.05, 0.1) is 6.20 Å². The molecule has 3 heteroatoms. The Labute approximate surface area is 99.2 Å². The highest BCUT2D eigenvalue weighted by atomic mass is 15.3. The number of hydrogen-bond acceptors (Lipinski definition) is 2. The van der Waals surface area contributed by atoms with E-state index in [9.17, 15) is 0 Å². The predicted octanol–water partition coefficient (Wildman–Crippen LogP) is 2.57. The lowest BCUT2D eigenvalue weighted by atomic mass is 10.1. The molecule has 16 heavy (non-hydrogen) atoms. The summed E-state index contributed by atoms with van der Waals surface area (Å²) in [7, 11) is 2.01. The minimum Gasteiger partial charge on any atom is -0.317 e. The van der Waals surface area contributed by atoms with E-state index in [4.69, 9.17) is 0 Å². The van der Waals surface area contributed by atoms with Crippen LogP contribution in [0.5, 0.6) is 0 Å². The standard InChI is InChI=1S/C13H25N3/c1-6-7-13-12(8-11(4)14-5)9-15-16(13)10(2)3/h9-11,14H,6-8H2,1-5H3. The van der Waals surface area contributed by atoms with Gasteiger partial charge < -0.3 is 5.32 Å². The van der Waals surface area contributed by atoms with Gasteiger partial charge in [-0.25, -0.2) is 0 Å². The van der Waals surface area contributed by atoms with Gasteiger partial charge >= 0.3 is 0 Å². The van der Waals surface area contributed by atoms with Gasteiger partial charge in [0.1, 0.15) is 0 Å². The van der Waals surface area contributed by atoms with E-state index in [0.29, 0.717) is 12.1 Å². The third kappa shape index (κ3) is 3.08. The maximum Gasteiger partial charge on any atom is 0.0525 e. The summed E-state index contributed by atoms with van der Waals surface area (Å²) in [6.45, 7) is 8.82. The van der Waals surface area contributed by atoms with Crippen molar-refractivity contribution in [1.29, 1.82) is 0 Å². The quantitative estimate of drug-likeness (QED) is 0.803. The Morgan fingerprint density at radius 2 is 2.06 bits per heavy atom. The van der Waals surface area contributed by atoms with Crippen LogP contribution >= 0.6 is 0 Å². The van der Waals surface area contributed by atoms with E-state index in [1.807, 2.05) is 13.2 Å². The fourth-order valence-corrected chi connectivity index (χ4v) is 1.98. The highest BCUT2D eigenvalue weighted by molar-refractivity contribution is 5.19. The summed E-state index contributed by atoms with van der Waals surface area (Å²) < 4.78 is 2.17. The zero-order valence-corrected chi connectivity index (χ0v) is 11.2. The van der Waals surface area contributed by atoms with Crippen molar-refractivity contribution in [3.8, 4) is 0 Å². The average Bonchev–Trinajstić information content (AvgIpc) is 2.62. The van der Waals surface area contributed by atoms with Crippen LogP contribution < -0.4 is 5.32 Å². The van der Waals surface area contributed by atoms with Crippen molar-refractivity contribution < 1.29 is 0 Å². The monoisotopic (exact) mass is 223 g/mol. The first kappa shape index (κ1) is 13.2. The number of aromatic nitrogens is 2. The normalized spacial score (nSPS) is 13.4. The molecule has 1 heterocycles. The van der Waals surface area contributed by atoms with Crippen molar-refractivity contribution in [2.24, 2.45) is 0 Å². The van der Waals surface area contributed by atoms with E-state index in [2.05, 4.69) is 42.8 Å². The number of rotatable bonds is 6. The molecule has 0 saturated carbocycles. The minimum absolute atomic E-state index is 0.459. The van der Waals surface area contributed by atoms with Gasteiger partial charge in [-0.05, 0) is 46.2 Å². The van der Waals surface area contributed by atoms with Crippen LogP contribution in [0.3, 0.4) is 0 Å². The zero-order chi connectivity index (χ0) is 12.1. The second-order valence-corrected chi connectivity index (χ2v) is 4.80. The number of likely N-dealkylation sites (N-methyl/N-ethyl adjacent to an activating group) is 1. The van der Waals surface area contributed by atoms with Gasteiger partial charge in [-0.2, -0.15) is 5.10 Å². The second-order valence-electron chi connectivity index (χ2n) is 4.80. The fourth-order valence-electron chi connectivity index (χ4n) is 1.98. The molecule has 0 spiro atoms. The molecule has 92 valence electrons. The van der Waals surface area contributed by atoms with Crippen LogP contribution in [0.25, 0.3) is 0 Å². The summed E-state index contributed by atoms with van der Waals surface area (Å²) in [5.41, 5.74) is 2.82. The Morgan fingerprint density at radius 1 is 1.38 bits per heavy atom. The molecule has 0 saturated heterocycles. The van der Waals surface area contributed by atoms with E-state index in [1.165, 1.54) is 17.7 Å². The predicted molar refractivity (Wildman–Crippen MR) is 68.8 cm³/mol. The third-order valence-corrected chi connectivity index (χ3v) is 2.98. The molecular weight excluding hydrogens is 198 g/mol. The van der Waals surface area contributed by atoms with Crippen molar-refractivity contribution in [2.45, 2.75) is 59.0 Å². The fraction of sp³-hybridized carbons (Fsp3) is 0.769. The lowest BCUT2D eigenvalue weighted by Gasteiger charge is -2.14. The van der Waals surface area contributed by atoms with Gasteiger partial charge in [0.2, 0.25) is 0 Å². The highest BCUT2D eigenvalue weighted by Crippen LogP contribution is 2.17. The van der Waals surface area contributed by atoms with Crippen LogP contribution in [0.15, 0.2) is 6.20 Å². The smallest absolute Gasteiger partial charge is 0.0525 e. The molecule has 1 unspecified atom stereocenters. The molecule has 0 amide bonds. The molecule has 1 N–H and O–H groups in total. The number of nitrogens with zero attached hydrogens (tertiary/aromatic N) is 2. The lowest BCUT2D eigenvalue weighted by molar-refractivity contribution is 0.504. The Bertz CT molecular complexity index is 315. The first-order valence-corrected chi connectivity index (χ1v) is 6.32. The van der Waals surface area contributed by atoms with E-state index >= 15 is 0 Å². The van der Waals surface area contributed by atoms with Gasteiger partial charge in [0.15, 0.2) is 0 Å². The molecule has 3 nitrogen and oxygen atoms in total. The van der Waals surface area contributed by atoms with Crippen LogP contribution in [-0.4, -0.2) is 22.9 Å². The molecule has 0 radical (unpaired) electrons. The van der Waals surface area contributed by atoms with Crippen molar-refractivity contribution in [2.75, 3.05) is 7.05 Å². The van der Waals surface area contributed by atoms with Gasteiger partial charge in [-0.15, -0.1) is 0 Å². The Kier molecular flexibility index (Phi) is 5.00. The van der Waals surface area contributed by atoms with Crippen LogP contribution in [0.1, 0.15) is 51.4 Å². The SMILES string of the molecule is CCCc1c(CC(C)NC)cnn1C(C)C. The maximum atomic E-state index is 4.51. The summed E-state index contributed by atoms with van der Waals surface area (Å²) in [5, 5.41) is 7.79. The van der Waals surface area contributed by atoms with Gasteiger partial charge in [0.25, 0.3) is 0 Å². The third-order valence-electron chi connectivity index (χ3n) is 2.98. The topological polar surface area (TPSA) is 29.9 Å². The minimum atomic E-state index is 0.459. The maximum absolute atomic E-state index is 4.51.